The van der Waals surface area contributed by atoms with Gasteiger partial charge in [0.2, 0.25) is 0 Å². The van der Waals surface area contributed by atoms with Crippen LogP contribution in [0.4, 0.5) is 0 Å². The Morgan fingerprint density at radius 1 is 1.13 bits per heavy atom. The Balaban J connectivity index is 1.26. The molecule has 1 saturated heterocycles. The second-order valence-corrected chi connectivity index (χ2v) is 7.79. The van der Waals surface area contributed by atoms with Crippen molar-refractivity contribution in [1.82, 2.24) is 25.1 Å². The van der Waals surface area contributed by atoms with E-state index in [0.717, 1.165) is 56.4 Å². The molecule has 1 aliphatic rings. The number of para-hydroxylation sites is 2. The fraction of sp³-hybridized carbons (Fsp3) is 0.478. The molecule has 2 aromatic heterocycles. The third kappa shape index (κ3) is 5.02. The molecule has 7 nitrogen and oxygen atoms in total. The Kier molecular flexibility index (Phi) is 7.03. The second-order valence-electron chi connectivity index (χ2n) is 7.79. The van der Waals surface area contributed by atoms with Crippen molar-refractivity contribution in [1.29, 1.82) is 0 Å². The van der Waals surface area contributed by atoms with Crippen molar-refractivity contribution in [2.24, 2.45) is 4.99 Å². The van der Waals surface area contributed by atoms with Crippen molar-refractivity contribution in [3.05, 3.63) is 54.7 Å². The number of piperidine rings is 1. The lowest BCUT2D eigenvalue weighted by Gasteiger charge is -2.33. The summed E-state index contributed by atoms with van der Waals surface area (Å²) in [5.41, 5.74) is 2.23. The summed E-state index contributed by atoms with van der Waals surface area (Å²) in [7, 11) is 1.82. The number of benzene rings is 1. The summed E-state index contributed by atoms with van der Waals surface area (Å²) in [6.07, 6.45) is 8.52. The monoisotopic (exact) mass is 408 g/mol. The number of furan rings is 1. The molecular weight excluding hydrogens is 376 g/mol. The van der Waals surface area contributed by atoms with Crippen LogP contribution in [0, 0.1) is 0 Å². The molecule has 3 heterocycles. The molecule has 0 aliphatic carbocycles. The summed E-state index contributed by atoms with van der Waals surface area (Å²) in [5.74, 6) is 1.85. The van der Waals surface area contributed by atoms with E-state index in [-0.39, 0.29) is 6.04 Å². The lowest BCUT2D eigenvalue weighted by molar-refractivity contribution is 0.146. The van der Waals surface area contributed by atoms with Gasteiger partial charge in [-0.05, 0) is 56.6 Å². The fourth-order valence-electron chi connectivity index (χ4n) is 4.18. The van der Waals surface area contributed by atoms with Crippen LogP contribution < -0.4 is 10.6 Å². The Morgan fingerprint density at radius 2 is 2.00 bits per heavy atom. The molecule has 4 rings (SSSR count). The van der Waals surface area contributed by atoms with Gasteiger partial charge in [-0.25, -0.2) is 4.98 Å². The van der Waals surface area contributed by atoms with Gasteiger partial charge in [-0.2, -0.15) is 0 Å². The van der Waals surface area contributed by atoms with Crippen LogP contribution in [0.3, 0.4) is 0 Å². The van der Waals surface area contributed by atoms with Crippen molar-refractivity contribution in [2.75, 3.05) is 33.2 Å². The minimum absolute atomic E-state index is 0.233. The number of imidazole rings is 1. The molecule has 0 amide bonds. The summed E-state index contributed by atoms with van der Waals surface area (Å²) >= 11 is 0. The van der Waals surface area contributed by atoms with E-state index in [1.807, 2.05) is 31.6 Å². The normalized spacial score (nSPS) is 16.6. The standard InChI is InChI=1S/C23H32N6O/c1-24-23(25-12-8-15-29-18-27-19-9-3-4-10-20(19)29)26-17-21(22-11-7-16-30-22)28-13-5-2-6-14-28/h3-4,7,9-11,16,18,21H,2,5-6,8,12-15,17H2,1H3,(H2,24,25,26). The number of nitrogens with zero attached hydrogens (tertiary/aromatic N) is 4. The summed E-state index contributed by atoms with van der Waals surface area (Å²) in [5, 5.41) is 6.94. The topological polar surface area (TPSA) is 70.6 Å². The van der Waals surface area contributed by atoms with E-state index < -0.39 is 0 Å². The first-order valence-electron chi connectivity index (χ1n) is 11.0. The highest BCUT2D eigenvalue weighted by atomic mass is 16.3. The van der Waals surface area contributed by atoms with Crippen LogP contribution in [-0.2, 0) is 6.54 Å². The predicted octanol–water partition coefficient (Wildman–Crippen LogP) is 3.41. The minimum Gasteiger partial charge on any atom is -0.468 e. The molecule has 1 aliphatic heterocycles. The highest BCUT2D eigenvalue weighted by Crippen LogP contribution is 2.24. The number of aliphatic imine (C=N–C) groups is 1. The largest absolute Gasteiger partial charge is 0.468 e. The first kappa shape index (κ1) is 20.5. The van der Waals surface area contributed by atoms with Gasteiger partial charge >= 0.3 is 0 Å². The molecule has 30 heavy (non-hydrogen) atoms. The van der Waals surface area contributed by atoms with E-state index in [0.29, 0.717) is 0 Å². The molecule has 2 N–H and O–H groups in total. The van der Waals surface area contributed by atoms with Crippen LogP contribution in [-0.4, -0.2) is 53.6 Å². The molecule has 160 valence electrons. The number of hydrogen-bond acceptors (Lipinski definition) is 4. The van der Waals surface area contributed by atoms with Crippen molar-refractivity contribution in [2.45, 2.75) is 38.3 Å². The first-order chi connectivity index (χ1) is 14.8. The molecule has 0 radical (unpaired) electrons. The average molecular weight is 409 g/mol. The number of nitrogens with one attached hydrogen (secondary N) is 2. The van der Waals surface area contributed by atoms with Crippen LogP contribution >= 0.6 is 0 Å². The third-order valence-corrected chi connectivity index (χ3v) is 5.79. The van der Waals surface area contributed by atoms with Gasteiger partial charge in [0, 0.05) is 26.7 Å². The van der Waals surface area contributed by atoms with Crippen LogP contribution in [0.25, 0.3) is 11.0 Å². The van der Waals surface area contributed by atoms with Gasteiger partial charge < -0.3 is 19.6 Å². The Hall–Kier alpha value is -2.80. The molecule has 3 aromatic rings. The number of guanidine groups is 1. The van der Waals surface area contributed by atoms with Crippen molar-refractivity contribution in [3.8, 4) is 0 Å². The van der Waals surface area contributed by atoms with Gasteiger partial charge in [0.05, 0.1) is 29.7 Å². The Labute approximate surface area is 178 Å². The van der Waals surface area contributed by atoms with Crippen LogP contribution in [0.5, 0.6) is 0 Å². The molecule has 1 aromatic carbocycles. The SMILES string of the molecule is CN=C(NCCCn1cnc2ccccc21)NCC(c1ccco1)N1CCCCC1. The third-order valence-electron chi connectivity index (χ3n) is 5.79. The van der Waals surface area contributed by atoms with Crippen molar-refractivity contribution < 1.29 is 4.42 Å². The number of hydrogen-bond donors (Lipinski definition) is 2. The van der Waals surface area contributed by atoms with E-state index in [4.69, 9.17) is 4.42 Å². The van der Waals surface area contributed by atoms with Gasteiger partial charge in [-0.3, -0.25) is 9.89 Å². The molecule has 0 bridgehead atoms. The van der Waals surface area contributed by atoms with Crippen molar-refractivity contribution >= 4 is 17.0 Å². The molecule has 0 spiro atoms. The maximum Gasteiger partial charge on any atom is 0.191 e. The van der Waals surface area contributed by atoms with Gasteiger partial charge in [0.1, 0.15) is 5.76 Å². The number of aryl methyl sites for hydroxylation is 1. The Bertz CT molecular complexity index is 926. The predicted molar refractivity (Wildman–Crippen MR) is 121 cm³/mol. The molecular formula is C23H32N6O. The lowest BCUT2D eigenvalue weighted by atomic mass is 10.1. The van der Waals surface area contributed by atoms with E-state index in [1.54, 1.807) is 6.26 Å². The maximum atomic E-state index is 5.74. The number of aromatic nitrogens is 2. The van der Waals surface area contributed by atoms with Gasteiger partial charge in [-0.1, -0.05) is 18.6 Å². The fourth-order valence-corrected chi connectivity index (χ4v) is 4.18. The minimum atomic E-state index is 0.233. The molecule has 1 atom stereocenters. The summed E-state index contributed by atoms with van der Waals surface area (Å²) in [6, 6.07) is 12.5. The summed E-state index contributed by atoms with van der Waals surface area (Å²) in [6.45, 7) is 4.80. The van der Waals surface area contributed by atoms with Crippen LogP contribution in [0.15, 0.2) is 58.4 Å². The Morgan fingerprint density at radius 3 is 2.80 bits per heavy atom. The second kappa shape index (κ2) is 10.3. The van der Waals surface area contributed by atoms with Crippen molar-refractivity contribution in [3.63, 3.8) is 0 Å². The quantitative estimate of drug-likeness (QED) is 0.340. The number of fused-ring (bicyclic) bond motifs is 1. The molecule has 1 unspecified atom stereocenters. The highest BCUT2D eigenvalue weighted by molar-refractivity contribution is 5.79. The lowest BCUT2D eigenvalue weighted by Crippen LogP contribution is -2.44. The highest BCUT2D eigenvalue weighted by Gasteiger charge is 2.24. The van der Waals surface area contributed by atoms with Crippen LogP contribution in [0.2, 0.25) is 0 Å². The number of likely N-dealkylation sites (tertiary alicyclic amines) is 1. The van der Waals surface area contributed by atoms with E-state index in [1.165, 1.54) is 24.8 Å². The van der Waals surface area contributed by atoms with E-state index in [9.17, 15) is 0 Å². The van der Waals surface area contributed by atoms with Gasteiger partial charge in [-0.15, -0.1) is 0 Å². The zero-order chi connectivity index (χ0) is 20.6. The van der Waals surface area contributed by atoms with E-state index >= 15 is 0 Å². The molecule has 1 fully saturated rings. The zero-order valence-corrected chi connectivity index (χ0v) is 17.8. The smallest absolute Gasteiger partial charge is 0.191 e. The average Bonchev–Trinajstić information content (AvgIpc) is 3.47. The van der Waals surface area contributed by atoms with Gasteiger partial charge in [0.15, 0.2) is 5.96 Å². The summed E-state index contributed by atoms with van der Waals surface area (Å²) in [4.78, 5) is 11.4. The zero-order valence-electron chi connectivity index (χ0n) is 17.8. The first-order valence-corrected chi connectivity index (χ1v) is 11.0. The molecule has 7 heteroatoms. The van der Waals surface area contributed by atoms with Crippen LogP contribution in [0.1, 0.15) is 37.5 Å². The summed E-state index contributed by atoms with van der Waals surface area (Å²) < 4.78 is 7.94. The maximum absolute atomic E-state index is 5.74. The van der Waals surface area contributed by atoms with Gasteiger partial charge in [0.25, 0.3) is 0 Å². The molecule has 0 saturated carbocycles. The van der Waals surface area contributed by atoms with E-state index in [2.05, 4.69) is 48.3 Å². The number of rotatable bonds is 8.